The Hall–Kier alpha value is -5.68. The zero-order valence-electron chi connectivity index (χ0n) is 29.7. The Morgan fingerprint density at radius 2 is 1.38 bits per heavy atom. The Labute approximate surface area is 292 Å². The van der Waals surface area contributed by atoms with Crippen molar-refractivity contribution in [3.05, 3.63) is 143 Å². The minimum absolute atomic E-state index is 0.113. The van der Waals surface area contributed by atoms with Crippen molar-refractivity contribution < 1.29 is 4.74 Å². The number of benzene rings is 5. The number of pyridine rings is 1. The number of rotatable bonds is 3. The van der Waals surface area contributed by atoms with E-state index < -0.39 is 0 Å². The van der Waals surface area contributed by atoms with Crippen LogP contribution in [0.25, 0.3) is 55.8 Å². The second kappa shape index (κ2) is 10.7. The van der Waals surface area contributed by atoms with E-state index in [1.807, 2.05) is 12.3 Å². The number of imidazole rings is 2. The van der Waals surface area contributed by atoms with E-state index in [0.717, 1.165) is 56.0 Å². The van der Waals surface area contributed by atoms with Gasteiger partial charge in [-0.05, 0) is 101 Å². The highest BCUT2D eigenvalue weighted by Crippen LogP contribution is 2.53. The molecule has 1 aliphatic rings. The standard InChI is InChI=1S/C45H40N4O/c1-27-18-20-29(40-33(44(3,4)5)22-23-34-41(40)50-42-35(45(34,6)7)13-12-24-46-42)25-31(27)32-26-30(21-19-28(32)2)48-38-16-10-11-17-39(38)49-37-15-9-8-14-36(37)47-43(48)49/h8-26H,1-7H3. The molecule has 0 saturated carbocycles. The molecule has 8 aromatic rings. The van der Waals surface area contributed by atoms with E-state index >= 15 is 0 Å². The van der Waals surface area contributed by atoms with E-state index in [-0.39, 0.29) is 10.8 Å². The summed E-state index contributed by atoms with van der Waals surface area (Å²) in [5, 5.41) is 0. The molecule has 0 atom stereocenters. The molecule has 3 aromatic heterocycles. The number of fused-ring (bicyclic) bond motifs is 7. The van der Waals surface area contributed by atoms with E-state index in [1.165, 1.54) is 33.4 Å². The normalized spacial score (nSPS) is 13.8. The molecule has 5 heteroatoms. The van der Waals surface area contributed by atoms with Crippen LogP contribution in [0.4, 0.5) is 0 Å². The molecule has 0 saturated heterocycles. The molecule has 246 valence electrons. The maximum Gasteiger partial charge on any atom is 0.223 e. The van der Waals surface area contributed by atoms with Gasteiger partial charge in [-0.2, -0.15) is 0 Å². The number of hydrogen-bond donors (Lipinski definition) is 0. The molecule has 50 heavy (non-hydrogen) atoms. The Bertz CT molecular complexity index is 2670. The van der Waals surface area contributed by atoms with Gasteiger partial charge in [0.2, 0.25) is 11.7 Å². The zero-order chi connectivity index (χ0) is 34.5. The summed E-state index contributed by atoms with van der Waals surface area (Å²) in [5.41, 5.74) is 15.7. The van der Waals surface area contributed by atoms with E-state index in [0.29, 0.717) is 5.88 Å². The topological polar surface area (TPSA) is 44.4 Å². The molecule has 9 rings (SSSR count). The number of nitrogens with zero attached hydrogens (tertiary/aromatic N) is 4. The van der Waals surface area contributed by atoms with E-state index in [4.69, 9.17) is 14.7 Å². The van der Waals surface area contributed by atoms with Crippen LogP contribution in [0.5, 0.6) is 11.6 Å². The van der Waals surface area contributed by atoms with Gasteiger partial charge in [-0.3, -0.25) is 8.97 Å². The molecule has 0 spiro atoms. The van der Waals surface area contributed by atoms with E-state index in [9.17, 15) is 0 Å². The van der Waals surface area contributed by atoms with Crippen LogP contribution in [-0.2, 0) is 10.8 Å². The third kappa shape index (κ3) is 4.39. The van der Waals surface area contributed by atoms with Crippen molar-refractivity contribution in [3.63, 3.8) is 0 Å². The summed E-state index contributed by atoms with van der Waals surface area (Å²) in [5.74, 6) is 2.50. The first-order valence-corrected chi connectivity index (χ1v) is 17.4. The molecule has 0 aliphatic carbocycles. The summed E-state index contributed by atoms with van der Waals surface area (Å²) in [6.45, 7) is 15.8. The van der Waals surface area contributed by atoms with Gasteiger partial charge in [0.1, 0.15) is 5.75 Å². The quantitative estimate of drug-likeness (QED) is 0.191. The average Bonchev–Trinajstić information content (AvgIpc) is 3.63. The Morgan fingerprint density at radius 3 is 2.16 bits per heavy atom. The van der Waals surface area contributed by atoms with Crippen molar-refractivity contribution in [1.82, 2.24) is 18.9 Å². The Morgan fingerprint density at radius 1 is 0.680 bits per heavy atom. The van der Waals surface area contributed by atoms with Crippen LogP contribution in [0.3, 0.4) is 0 Å². The van der Waals surface area contributed by atoms with Crippen LogP contribution >= 0.6 is 0 Å². The van der Waals surface area contributed by atoms with Crippen molar-refractivity contribution in [2.75, 3.05) is 0 Å². The fourth-order valence-electron chi connectivity index (χ4n) is 7.99. The van der Waals surface area contributed by atoms with Crippen LogP contribution in [0.15, 0.2) is 115 Å². The lowest BCUT2D eigenvalue weighted by molar-refractivity contribution is 0.401. The maximum absolute atomic E-state index is 6.79. The van der Waals surface area contributed by atoms with Gasteiger partial charge in [0.25, 0.3) is 0 Å². The molecule has 0 fully saturated rings. The van der Waals surface area contributed by atoms with E-state index in [1.54, 1.807) is 0 Å². The van der Waals surface area contributed by atoms with Crippen LogP contribution in [0, 0.1) is 13.8 Å². The third-order valence-corrected chi connectivity index (χ3v) is 10.7. The van der Waals surface area contributed by atoms with Crippen molar-refractivity contribution in [1.29, 1.82) is 0 Å². The lowest BCUT2D eigenvalue weighted by Crippen LogP contribution is -2.26. The first kappa shape index (κ1) is 30.4. The Balaban J connectivity index is 1.26. The fraction of sp³-hybridized carbons (Fsp3) is 0.200. The van der Waals surface area contributed by atoms with Gasteiger partial charge in [-0.25, -0.2) is 9.97 Å². The number of hydrogen-bond acceptors (Lipinski definition) is 3. The van der Waals surface area contributed by atoms with Gasteiger partial charge in [0, 0.05) is 34.0 Å². The molecular weight excluding hydrogens is 613 g/mol. The zero-order valence-corrected chi connectivity index (χ0v) is 29.7. The molecule has 5 aromatic carbocycles. The van der Waals surface area contributed by atoms with Gasteiger partial charge < -0.3 is 4.74 Å². The molecule has 0 unspecified atom stereocenters. The highest BCUT2D eigenvalue weighted by molar-refractivity contribution is 5.92. The smallest absolute Gasteiger partial charge is 0.223 e. The molecule has 0 bridgehead atoms. The number of ether oxygens (including phenoxy) is 1. The minimum Gasteiger partial charge on any atom is -0.438 e. The number of aromatic nitrogens is 4. The summed E-state index contributed by atoms with van der Waals surface area (Å²) >= 11 is 0. The summed E-state index contributed by atoms with van der Waals surface area (Å²) in [7, 11) is 0. The number of aryl methyl sites for hydroxylation is 2. The predicted octanol–water partition coefficient (Wildman–Crippen LogP) is 11.5. The van der Waals surface area contributed by atoms with Crippen LogP contribution < -0.4 is 4.74 Å². The molecule has 0 radical (unpaired) electrons. The van der Waals surface area contributed by atoms with Gasteiger partial charge in [-0.1, -0.05) is 95.3 Å². The largest absolute Gasteiger partial charge is 0.438 e. The first-order chi connectivity index (χ1) is 24.0. The second-order valence-electron chi connectivity index (χ2n) is 15.3. The summed E-state index contributed by atoms with van der Waals surface area (Å²) in [6, 6.07) is 39.3. The SMILES string of the molecule is Cc1ccc(-c2c(C(C)(C)C)ccc3c2Oc2ncccc2C3(C)C)cc1-c1cc(-n2c3ccccc3n3c4ccccc4nc23)ccc1C. The van der Waals surface area contributed by atoms with Crippen LogP contribution in [-0.4, -0.2) is 18.9 Å². The summed E-state index contributed by atoms with van der Waals surface area (Å²) in [4.78, 5) is 9.82. The van der Waals surface area contributed by atoms with Crippen molar-refractivity contribution >= 4 is 27.8 Å². The van der Waals surface area contributed by atoms with Crippen molar-refractivity contribution in [2.45, 2.75) is 59.3 Å². The summed E-state index contributed by atoms with van der Waals surface area (Å²) in [6.07, 6.45) is 1.82. The van der Waals surface area contributed by atoms with Crippen molar-refractivity contribution in [3.8, 4) is 39.6 Å². The monoisotopic (exact) mass is 652 g/mol. The third-order valence-electron chi connectivity index (χ3n) is 10.7. The van der Waals surface area contributed by atoms with Gasteiger partial charge in [0.15, 0.2) is 0 Å². The molecular formula is C45H40N4O. The maximum atomic E-state index is 6.79. The molecule has 5 nitrogen and oxygen atoms in total. The highest BCUT2D eigenvalue weighted by Gasteiger charge is 2.38. The minimum atomic E-state index is -0.261. The number of para-hydroxylation sites is 4. The highest BCUT2D eigenvalue weighted by atomic mass is 16.5. The molecule has 4 heterocycles. The van der Waals surface area contributed by atoms with Crippen LogP contribution in [0.2, 0.25) is 0 Å². The van der Waals surface area contributed by atoms with Gasteiger partial charge in [0.05, 0.1) is 22.1 Å². The van der Waals surface area contributed by atoms with Gasteiger partial charge in [-0.15, -0.1) is 0 Å². The molecule has 1 aliphatic heterocycles. The average molecular weight is 653 g/mol. The Kier molecular flexibility index (Phi) is 6.48. The predicted molar refractivity (Wildman–Crippen MR) is 205 cm³/mol. The lowest BCUT2D eigenvalue weighted by atomic mass is 9.72. The van der Waals surface area contributed by atoms with E-state index in [2.05, 4.69) is 161 Å². The fourth-order valence-corrected chi connectivity index (χ4v) is 7.99. The second-order valence-corrected chi connectivity index (χ2v) is 15.3. The first-order valence-electron chi connectivity index (χ1n) is 17.4. The molecule has 0 N–H and O–H groups in total. The summed E-state index contributed by atoms with van der Waals surface area (Å²) < 4.78 is 11.4. The van der Waals surface area contributed by atoms with Gasteiger partial charge >= 0.3 is 0 Å². The lowest BCUT2D eigenvalue weighted by Gasteiger charge is -2.36. The van der Waals surface area contributed by atoms with Crippen molar-refractivity contribution in [2.24, 2.45) is 0 Å². The molecule has 0 amide bonds. The van der Waals surface area contributed by atoms with Crippen LogP contribution in [0.1, 0.15) is 62.4 Å².